The van der Waals surface area contributed by atoms with Gasteiger partial charge in [-0.25, -0.2) is 0 Å². The van der Waals surface area contributed by atoms with Crippen molar-refractivity contribution in [2.45, 2.75) is 37.9 Å². The van der Waals surface area contributed by atoms with Crippen molar-refractivity contribution >= 4 is 0 Å². The van der Waals surface area contributed by atoms with Crippen molar-refractivity contribution in [3.63, 3.8) is 0 Å². The number of hydrogen-bond acceptors (Lipinski definition) is 3. The molecule has 1 saturated carbocycles. The van der Waals surface area contributed by atoms with E-state index in [0.29, 0.717) is 18.5 Å². The third-order valence-electron chi connectivity index (χ3n) is 3.74. The lowest BCUT2D eigenvalue weighted by molar-refractivity contribution is -0.174. The standard InChI is InChI=1S/C13H23F3N2O/c14-13(15,16)10-19-7-6-18(12-3-4-12)9-11-2-1-5-17-8-11/h11-12,17H,1-10H2. The molecule has 112 valence electrons. The quantitative estimate of drug-likeness (QED) is 0.722. The molecule has 1 heterocycles. The normalized spacial score (nSPS) is 24.9. The van der Waals surface area contributed by atoms with E-state index < -0.39 is 12.8 Å². The number of halogens is 3. The molecule has 2 fully saturated rings. The summed E-state index contributed by atoms with van der Waals surface area (Å²) in [6.45, 7) is 2.79. The Morgan fingerprint density at radius 1 is 1.21 bits per heavy atom. The van der Waals surface area contributed by atoms with Crippen molar-refractivity contribution in [1.29, 1.82) is 0 Å². The summed E-state index contributed by atoms with van der Waals surface area (Å²) in [4.78, 5) is 2.31. The molecule has 1 aliphatic heterocycles. The smallest absolute Gasteiger partial charge is 0.371 e. The largest absolute Gasteiger partial charge is 0.411 e. The maximum absolute atomic E-state index is 12.0. The molecular weight excluding hydrogens is 257 g/mol. The third-order valence-corrected chi connectivity index (χ3v) is 3.74. The van der Waals surface area contributed by atoms with Gasteiger partial charge in [-0.05, 0) is 44.7 Å². The zero-order valence-electron chi connectivity index (χ0n) is 11.2. The summed E-state index contributed by atoms with van der Waals surface area (Å²) in [6, 6.07) is 0.580. The summed E-state index contributed by atoms with van der Waals surface area (Å²) in [6.07, 6.45) is 0.573. The first-order valence-electron chi connectivity index (χ1n) is 7.14. The second-order valence-electron chi connectivity index (χ2n) is 5.61. The minimum absolute atomic E-state index is 0.177. The van der Waals surface area contributed by atoms with Crippen LogP contribution in [0.5, 0.6) is 0 Å². The highest BCUT2D eigenvalue weighted by molar-refractivity contribution is 4.86. The molecule has 0 spiro atoms. The summed E-state index contributed by atoms with van der Waals surface area (Å²) >= 11 is 0. The lowest BCUT2D eigenvalue weighted by Gasteiger charge is -2.30. The SMILES string of the molecule is FC(F)(F)COCCN(CC1CCCNC1)C1CC1. The fraction of sp³-hybridized carbons (Fsp3) is 1.00. The van der Waals surface area contributed by atoms with E-state index in [9.17, 15) is 13.2 Å². The fourth-order valence-electron chi connectivity index (χ4n) is 2.64. The van der Waals surface area contributed by atoms with E-state index in [1.165, 1.54) is 25.7 Å². The first-order chi connectivity index (χ1) is 9.04. The molecule has 0 bridgehead atoms. The third kappa shape index (κ3) is 6.10. The molecule has 0 aromatic heterocycles. The predicted octanol–water partition coefficient (Wildman–Crippen LogP) is 2.03. The summed E-state index contributed by atoms with van der Waals surface area (Å²) in [5.41, 5.74) is 0. The van der Waals surface area contributed by atoms with Crippen LogP contribution in [-0.2, 0) is 4.74 Å². The highest BCUT2D eigenvalue weighted by Gasteiger charge is 2.31. The van der Waals surface area contributed by atoms with Gasteiger partial charge in [0.25, 0.3) is 0 Å². The molecule has 1 saturated heterocycles. The van der Waals surface area contributed by atoms with Crippen molar-refractivity contribution in [3.05, 3.63) is 0 Å². The second-order valence-corrected chi connectivity index (χ2v) is 5.61. The van der Waals surface area contributed by atoms with Gasteiger partial charge in [0, 0.05) is 19.1 Å². The van der Waals surface area contributed by atoms with Crippen molar-refractivity contribution in [1.82, 2.24) is 10.2 Å². The fourth-order valence-corrected chi connectivity index (χ4v) is 2.64. The number of alkyl halides is 3. The van der Waals surface area contributed by atoms with Gasteiger partial charge < -0.3 is 10.1 Å². The van der Waals surface area contributed by atoms with Crippen LogP contribution in [0, 0.1) is 5.92 Å². The molecule has 3 nitrogen and oxygen atoms in total. The highest BCUT2D eigenvalue weighted by atomic mass is 19.4. The molecule has 1 aliphatic carbocycles. The van der Waals surface area contributed by atoms with Crippen LogP contribution in [0.2, 0.25) is 0 Å². The van der Waals surface area contributed by atoms with Gasteiger partial charge in [-0.15, -0.1) is 0 Å². The molecule has 1 atom stereocenters. The van der Waals surface area contributed by atoms with E-state index >= 15 is 0 Å². The van der Waals surface area contributed by atoms with Crippen molar-refractivity contribution in [2.24, 2.45) is 5.92 Å². The van der Waals surface area contributed by atoms with Gasteiger partial charge in [-0.3, -0.25) is 4.90 Å². The molecule has 0 aromatic carbocycles. The van der Waals surface area contributed by atoms with Crippen LogP contribution in [0.4, 0.5) is 13.2 Å². The Morgan fingerprint density at radius 3 is 2.58 bits per heavy atom. The number of ether oxygens (including phenoxy) is 1. The Bertz CT molecular complexity index is 263. The number of hydrogen-bond donors (Lipinski definition) is 1. The van der Waals surface area contributed by atoms with Crippen molar-refractivity contribution in [2.75, 3.05) is 39.4 Å². The average Bonchev–Trinajstić information content (AvgIpc) is 3.17. The average molecular weight is 280 g/mol. The van der Waals surface area contributed by atoms with Crippen molar-refractivity contribution in [3.8, 4) is 0 Å². The Kier molecular flexibility index (Phi) is 5.47. The van der Waals surface area contributed by atoms with Crippen LogP contribution in [-0.4, -0.2) is 56.5 Å². The Balaban J connectivity index is 1.65. The molecule has 1 N–H and O–H groups in total. The zero-order chi connectivity index (χ0) is 13.7. The zero-order valence-corrected chi connectivity index (χ0v) is 11.2. The summed E-state index contributed by atoms with van der Waals surface area (Å²) in [5, 5.41) is 3.38. The van der Waals surface area contributed by atoms with Gasteiger partial charge in [-0.1, -0.05) is 0 Å². The monoisotopic (exact) mass is 280 g/mol. The van der Waals surface area contributed by atoms with Crippen molar-refractivity contribution < 1.29 is 17.9 Å². The maximum atomic E-state index is 12.0. The molecule has 19 heavy (non-hydrogen) atoms. The topological polar surface area (TPSA) is 24.5 Å². The molecular formula is C13H23F3N2O. The molecule has 6 heteroatoms. The number of nitrogens with zero attached hydrogens (tertiary/aromatic N) is 1. The van der Waals surface area contributed by atoms with Gasteiger partial charge in [0.05, 0.1) is 6.61 Å². The van der Waals surface area contributed by atoms with Crippen LogP contribution in [0.25, 0.3) is 0 Å². The molecule has 1 unspecified atom stereocenters. The van der Waals surface area contributed by atoms with Gasteiger partial charge in [-0.2, -0.15) is 13.2 Å². The molecule has 2 rings (SSSR count). The maximum Gasteiger partial charge on any atom is 0.411 e. The van der Waals surface area contributed by atoms with E-state index in [1.807, 2.05) is 0 Å². The lowest BCUT2D eigenvalue weighted by atomic mass is 9.99. The van der Waals surface area contributed by atoms with Crippen LogP contribution < -0.4 is 5.32 Å². The Morgan fingerprint density at radius 2 is 2.00 bits per heavy atom. The molecule has 2 aliphatic rings. The van der Waals surface area contributed by atoms with E-state index in [2.05, 4.69) is 10.2 Å². The van der Waals surface area contributed by atoms with Crippen LogP contribution >= 0.6 is 0 Å². The van der Waals surface area contributed by atoms with E-state index in [-0.39, 0.29) is 6.61 Å². The van der Waals surface area contributed by atoms with E-state index in [0.717, 1.165) is 19.6 Å². The minimum Gasteiger partial charge on any atom is -0.371 e. The van der Waals surface area contributed by atoms with Gasteiger partial charge in [0.15, 0.2) is 0 Å². The Hall–Kier alpha value is -0.330. The van der Waals surface area contributed by atoms with Gasteiger partial charge in [0.2, 0.25) is 0 Å². The number of nitrogens with one attached hydrogen (secondary N) is 1. The first kappa shape index (κ1) is 15.1. The summed E-state index contributed by atoms with van der Waals surface area (Å²) < 4.78 is 40.6. The summed E-state index contributed by atoms with van der Waals surface area (Å²) in [5.74, 6) is 0.636. The van der Waals surface area contributed by atoms with E-state index in [1.54, 1.807) is 0 Å². The summed E-state index contributed by atoms with van der Waals surface area (Å²) in [7, 11) is 0. The Labute approximate surface area is 112 Å². The molecule has 0 radical (unpaired) electrons. The van der Waals surface area contributed by atoms with Crippen LogP contribution in [0.1, 0.15) is 25.7 Å². The highest BCUT2D eigenvalue weighted by Crippen LogP contribution is 2.28. The first-order valence-corrected chi connectivity index (χ1v) is 7.14. The van der Waals surface area contributed by atoms with Crippen LogP contribution in [0.15, 0.2) is 0 Å². The second kappa shape index (κ2) is 6.90. The molecule has 0 aromatic rings. The number of piperidine rings is 1. The minimum atomic E-state index is -4.21. The van der Waals surface area contributed by atoms with E-state index in [4.69, 9.17) is 4.74 Å². The predicted molar refractivity (Wildman–Crippen MR) is 67.1 cm³/mol. The van der Waals surface area contributed by atoms with Gasteiger partial charge in [0.1, 0.15) is 6.61 Å². The lowest BCUT2D eigenvalue weighted by Crippen LogP contribution is -2.40. The van der Waals surface area contributed by atoms with Gasteiger partial charge >= 0.3 is 6.18 Å². The van der Waals surface area contributed by atoms with Crippen LogP contribution in [0.3, 0.4) is 0 Å². The number of rotatable bonds is 7. The molecule has 0 amide bonds.